The number of amides is 1. The fourth-order valence-corrected chi connectivity index (χ4v) is 2.59. The molecule has 120 valence electrons. The van der Waals surface area contributed by atoms with E-state index < -0.39 is 6.09 Å². The van der Waals surface area contributed by atoms with E-state index in [9.17, 15) is 9.59 Å². The van der Waals surface area contributed by atoms with Crippen molar-refractivity contribution in [2.75, 3.05) is 18.0 Å². The van der Waals surface area contributed by atoms with Crippen molar-refractivity contribution < 1.29 is 14.3 Å². The van der Waals surface area contributed by atoms with Gasteiger partial charge in [0.15, 0.2) is 6.29 Å². The van der Waals surface area contributed by atoms with Gasteiger partial charge in [0.05, 0.1) is 6.54 Å². The molecule has 0 spiro atoms. The molecular weight excluding hydrogens is 304 g/mol. The first kappa shape index (κ1) is 16.6. The molecule has 0 aromatic heterocycles. The number of carbonyl (C=O) groups excluding carboxylic acids is 2. The highest BCUT2D eigenvalue weighted by Gasteiger charge is 2.28. The summed E-state index contributed by atoms with van der Waals surface area (Å²) in [6.07, 6.45) is 0.927. The summed E-state index contributed by atoms with van der Waals surface area (Å²) in [4.78, 5) is 25.0. The minimum absolute atomic E-state index is 0.194. The van der Waals surface area contributed by atoms with E-state index in [1.54, 1.807) is 18.2 Å². The maximum Gasteiger partial charge on any atom is 0.407 e. The number of halogens is 1. The number of benzene rings is 1. The van der Waals surface area contributed by atoms with Gasteiger partial charge >= 0.3 is 6.09 Å². The van der Waals surface area contributed by atoms with Crippen LogP contribution in [0.1, 0.15) is 37.6 Å². The Bertz CT molecular complexity index is 569. The van der Waals surface area contributed by atoms with Crippen LogP contribution in [0.15, 0.2) is 18.2 Å². The third-order valence-corrected chi connectivity index (χ3v) is 3.59. The summed E-state index contributed by atoms with van der Waals surface area (Å²) in [6.45, 7) is 6.97. The third-order valence-electron chi connectivity index (χ3n) is 3.36. The fourth-order valence-electron chi connectivity index (χ4n) is 2.42. The molecule has 1 saturated heterocycles. The van der Waals surface area contributed by atoms with Crippen LogP contribution in [0.2, 0.25) is 5.02 Å². The Labute approximate surface area is 135 Å². The number of ether oxygens (including phenoxy) is 1. The molecule has 1 aromatic carbocycles. The maximum atomic E-state index is 11.8. The first-order chi connectivity index (χ1) is 10.3. The van der Waals surface area contributed by atoms with Crippen LogP contribution >= 0.6 is 11.6 Å². The predicted molar refractivity (Wildman–Crippen MR) is 86.8 cm³/mol. The van der Waals surface area contributed by atoms with Gasteiger partial charge in [0.2, 0.25) is 0 Å². The van der Waals surface area contributed by atoms with Crippen molar-refractivity contribution >= 4 is 29.7 Å². The Morgan fingerprint density at radius 2 is 2.18 bits per heavy atom. The lowest BCUT2D eigenvalue weighted by atomic mass is 10.1. The number of hydrogen-bond donors (Lipinski definition) is 1. The molecule has 0 bridgehead atoms. The Hall–Kier alpha value is -1.75. The number of aldehydes is 1. The lowest BCUT2D eigenvalue weighted by molar-refractivity contribution is 0.101. The molecule has 1 aromatic rings. The minimum atomic E-state index is -0.416. The molecule has 1 aliphatic rings. The molecule has 0 unspecified atom stereocenters. The molecule has 1 atom stereocenters. The van der Waals surface area contributed by atoms with E-state index in [4.69, 9.17) is 16.3 Å². The molecule has 2 rings (SSSR count). The molecule has 6 heteroatoms. The number of carbonyl (C=O) groups is 2. The lowest BCUT2D eigenvalue weighted by Gasteiger charge is -2.23. The number of anilines is 1. The maximum absolute atomic E-state index is 11.8. The highest BCUT2D eigenvalue weighted by Crippen LogP contribution is 2.28. The Morgan fingerprint density at radius 3 is 2.82 bits per heavy atom. The monoisotopic (exact) mass is 324 g/mol. The summed E-state index contributed by atoms with van der Waals surface area (Å²) in [6, 6.07) is 5.16. The molecule has 5 nitrogen and oxygen atoms in total. The second-order valence-electron chi connectivity index (χ2n) is 6.46. The number of nitrogens with zero attached hydrogens (tertiary/aromatic N) is 1. The first-order valence-corrected chi connectivity index (χ1v) is 7.65. The largest absolute Gasteiger partial charge is 0.444 e. The van der Waals surface area contributed by atoms with Crippen molar-refractivity contribution in [2.45, 2.75) is 38.8 Å². The van der Waals surface area contributed by atoms with E-state index in [0.29, 0.717) is 23.7 Å². The van der Waals surface area contributed by atoms with E-state index in [0.717, 1.165) is 18.4 Å². The zero-order valence-electron chi connectivity index (χ0n) is 13.1. The second kappa shape index (κ2) is 6.57. The average molecular weight is 325 g/mol. The summed E-state index contributed by atoms with van der Waals surface area (Å²) in [5.41, 5.74) is 1.04. The molecule has 1 aliphatic heterocycles. The average Bonchev–Trinajstić information content (AvgIpc) is 2.84. The highest BCUT2D eigenvalue weighted by atomic mass is 35.5. The standard InChI is InChI=1S/C16H21ClN2O3/c1-16(2,3)18-15(21)22-13-6-7-19(9-13)14-8-12(17)5-4-11(14)10-20/h4-5,8,10,13H,6-7,9H2,1-3H3,(H,18,21)/t13-/m1/s1. The summed E-state index contributed by atoms with van der Waals surface area (Å²) >= 11 is 6.01. The van der Waals surface area contributed by atoms with Crippen molar-refractivity contribution in [1.29, 1.82) is 0 Å². The molecule has 1 amide bonds. The number of rotatable bonds is 3. The van der Waals surface area contributed by atoms with Crippen molar-refractivity contribution in [3.8, 4) is 0 Å². The first-order valence-electron chi connectivity index (χ1n) is 7.27. The van der Waals surface area contributed by atoms with Gasteiger partial charge in [0.1, 0.15) is 6.10 Å². The molecule has 0 saturated carbocycles. The predicted octanol–water partition coefficient (Wildman–Crippen LogP) is 3.26. The van der Waals surface area contributed by atoms with Crippen LogP contribution in [-0.2, 0) is 4.74 Å². The second-order valence-corrected chi connectivity index (χ2v) is 6.89. The zero-order chi connectivity index (χ0) is 16.3. The van der Waals surface area contributed by atoms with Crippen LogP contribution in [0.4, 0.5) is 10.5 Å². The van der Waals surface area contributed by atoms with Gasteiger partial charge in [-0.15, -0.1) is 0 Å². The van der Waals surface area contributed by atoms with Crippen LogP contribution in [0.25, 0.3) is 0 Å². The molecule has 1 N–H and O–H groups in total. The molecule has 1 fully saturated rings. The highest BCUT2D eigenvalue weighted by molar-refractivity contribution is 6.31. The summed E-state index contributed by atoms with van der Waals surface area (Å²) in [5, 5.41) is 3.35. The van der Waals surface area contributed by atoms with E-state index in [-0.39, 0.29) is 11.6 Å². The zero-order valence-corrected chi connectivity index (χ0v) is 13.8. The van der Waals surface area contributed by atoms with Crippen LogP contribution in [0.3, 0.4) is 0 Å². The quantitative estimate of drug-likeness (QED) is 0.867. The van der Waals surface area contributed by atoms with Crippen LogP contribution < -0.4 is 10.2 Å². The van der Waals surface area contributed by atoms with Crippen molar-refractivity contribution in [3.63, 3.8) is 0 Å². The lowest BCUT2D eigenvalue weighted by Crippen LogP contribution is -2.42. The summed E-state index contributed by atoms with van der Waals surface area (Å²) in [5.74, 6) is 0. The normalized spacial score (nSPS) is 18.2. The topological polar surface area (TPSA) is 58.6 Å². The van der Waals surface area contributed by atoms with Gasteiger partial charge in [-0.25, -0.2) is 4.79 Å². The Morgan fingerprint density at radius 1 is 1.45 bits per heavy atom. The van der Waals surface area contributed by atoms with Crippen molar-refractivity contribution in [1.82, 2.24) is 5.32 Å². The number of hydrogen-bond acceptors (Lipinski definition) is 4. The van der Waals surface area contributed by atoms with Gasteiger partial charge < -0.3 is 15.0 Å². The molecular formula is C16H21ClN2O3. The van der Waals surface area contributed by atoms with E-state index in [2.05, 4.69) is 5.32 Å². The summed E-state index contributed by atoms with van der Waals surface area (Å²) in [7, 11) is 0. The van der Waals surface area contributed by atoms with Crippen molar-refractivity contribution in [2.24, 2.45) is 0 Å². The van der Waals surface area contributed by atoms with Crippen LogP contribution in [-0.4, -0.2) is 37.1 Å². The number of nitrogens with one attached hydrogen (secondary N) is 1. The van der Waals surface area contributed by atoms with Crippen molar-refractivity contribution in [3.05, 3.63) is 28.8 Å². The SMILES string of the molecule is CC(C)(C)NC(=O)O[C@@H]1CCN(c2cc(Cl)ccc2C=O)C1. The van der Waals surface area contributed by atoms with Gasteiger partial charge in [0, 0.05) is 34.8 Å². The van der Waals surface area contributed by atoms with E-state index in [1.165, 1.54) is 0 Å². The van der Waals surface area contributed by atoms with Gasteiger partial charge in [-0.1, -0.05) is 11.6 Å². The molecule has 0 radical (unpaired) electrons. The molecule has 22 heavy (non-hydrogen) atoms. The van der Waals surface area contributed by atoms with Gasteiger partial charge in [-0.05, 0) is 39.0 Å². The fraction of sp³-hybridized carbons (Fsp3) is 0.500. The molecule has 0 aliphatic carbocycles. The smallest absolute Gasteiger partial charge is 0.407 e. The molecule has 1 heterocycles. The number of alkyl carbamates (subject to hydrolysis) is 1. The Balaban J connectivity index is 2.00. The van der Waals surface area contributed by atoms with Crippen LogP contribution in [0.5, 0.6) is 0 Å². The summed E-state index contributed by atoms with van der Waals surface area (Å²) < 4.78 is 5.43. The Kier molecular flexibility index (Phi) is 4.96. The van der Waals surface area contributed by atoms with Gasteiger partial charge in [0.25, 0.3) is 0 Å². The van der Waals surface area contributed by atoms with E-state index >= 15 is 0 Å². The van der Waals surface area contributed by atoms with Crippen LogP contribution in [0, 0.1) is 0 Å². The van der Waals surface area contributed by atoms with E-state index in [1.807, 2.05) is 25.7 Å². The third kappa shape index (κ3) is 4.37. The van der Waals surface area contributed by atoms with Gasteiger partial charge in [-0.3, -0.25) is 4.79 Å². The van der Waals surface area contributed by atoms with Gasteiger partial charge in [-0.2, -0.15) is 0 Å². The minimum Gasteiger partial charge on any atom is -0.444 e.